The number of thioether (sulfide) groups is 1. The second-order valence-corrected chi connectivity index (χ2v) is 5.45. The highest BCUT2D eigenvalue weighted by atomic mass is 32.2. The Morgan fingerprint density at radius 1 is 1.39 bits per heavy atom. The van der Waals surface area contributed by atoms with E-state index in [1.54, 1.807) is 12.1 Å². The van der Waals surface area contributed by atoms with E-state index in [2.05, 4.69) is 10.2 Å². The first-order valence-electron chi connectivity index (χ1n) is 6.41. The van der Waals surface area contributed by atoms with Crippen LogP contribution in [0.15, 0.2) is 24.3 Å². The summed E-state index contributed by atoms with van der Waals surface area (Å²) in [6, 6.07) is 5.20. The van der Waals surface area contributed by atoms with Crippen LogP contribution in [0.1, 0.15) is 22.8 Å². The minimum absolute atomic E-state index is 0.0221. The normalized spacial score (nSPS) is 12.0. The fraction of sp³-hybridized carbons (Fsp3) is 0.308. The Bertz CT molecular complexity index is 563. The maximum absolute atomic E-state index is 12.0. The van der Waals surface area contributed by atoms with Gasteiger partial charge in [-0.3, -0.25) is 19.2 Å². The highest BCUT2D eigenvalue weighted by Crippen LogP contribution is 2.15. The summed E-state index contributed by atoms with van der Waals surface area (Å²) in [4.78, 5) is 38.5. The van der Waals surface area contributed by atoms with Crippen molar-refractivity contribution >= 4 is 28.7 Å². The number of carbonyl (C=O) groups is 3. The molecule has 0 saturated heterocycles. The zero-order valence-corrected chi connectivity index (χ0v) is 13.0. The monoisotopic (exact) mass is 342 g/mol. The molecular weight excluding hydrogens is 326 g/mol. The van der Waals surface area contributed by atoms with Crippen molar-refractivity contribution in [3.8, 4) is 0 Å². The molecule has 1 aromatic rings. The summed E-state index contributed by atoms with van der Waals surface area (Å²) < 4.78 is 0. The van der Waals surface area contributed by atoms with E-state index in [4.69, 9.17) is 10.9 Å². The van der Waals surface area contributed by atoms with Gasteiger partial charge >= 0.3 is 0 Å². The molecule has 0 aliphatic rings. The molecule has 0 spiro atoms. The Morgan fingerprint density at radius 2 is 2.00 bits per heavy atom. The number of hydrogen-bond acceptors (Lipinski definition) is 8. The number of amides is 2. The van der Waals surface area contributed by atoms with Gasteiger partial charge in [0.25, 0.3) is 0 Å². The van der Waals surface area contributed by atoms with Gasteiger partial charge in [-0.15, -0.1) is 5.39 Å². The summed E-state index contributed by atoms with van der Waals surface area (Å²) in [5.41, 5.74) is 6.09. The van der Waals surface area contributed by atoms with Gasteiger partial charge in [0, 0.05) is 18.2 Å². The van der Waals surface area contributed by atoms with Crippen molar-refractivity contribution in [1.82, 2.24) is 10.7 Å². The molecular formula is C13H16N3O6S-. The summed E-state index contributed by atoms with van der Waals surface area (Å²) in [5, 5.41) is 19.9. The molecule has 126 valence electrons. The molecule has 1 rings (SSSR count). The molecule has 0 aliphatic heterocycles. The van der Waals surface area contributed by atoms with Gasteiger partial charge in [0.05, 0.1) is 6.61 Å². The minimum atomic E-state index is -0.929. The van der Waals surface area contributed by atoms with E-state index in [9.17, 15) is 19.6 Å². The maximum atomic E-state index is 12.0. The van der Waals surface area contributed by atoms with Crippen molar-refractivity contribution in [1.29, 1.82) is 0 Å². The quantitative estimate of drug-likeness (QED) is 0.567. The number of nitrogens with one attached hydrogen (secondary N) is 1. The van der Waals surface area contributed by atoms with Crippen LogP contribution in [0.25, 0.3) is 0 Å². The highest BCUT2D eigenvalue weighted by Gasteiger charge is 2.18. The van der Waals surface area contributed by atoms with E-state index >= 15 is 0 Å². The van der Waals surface area contributed by atoms with Gasteiger partial charge in [0.1, 0.15) is 6.04 Å². The Kier molecular flexibility index (Phi) is 7.65. The maximum Gasteiger partial charge on any atom is 0.240 e. The number of nitrogens with zero attached hydrogens (tertiary/aromatic N) is 1. The largest absolute Gasteiger partial charge is 0.738 e. The van der Waals surface area contributed by atoms with E-state index in [0.717, 1.165) is 11.8 Å². The third kappa shape index (κ3) is 7.21. The minimum Gasteiger partial charge on any atom is -0.738 e. The highest BCUT2D eigenvalue weighted by molar-refractivity contribution is 8.14. The lowest BCUT2D eigenvalue weighted by Gasteiger charge is -2.18. The lowest BCUT2D eigenvalue weighted by Crippen LogP contribution is -2.45. The lowest BCUT2D eigenvalue weighted by atomic mass is 10.2. The van der Waals surface area contributed by atoms with Crippen LogP contribution >= 0.6 is 11.8 Å². The first-order valence-corrected chi connectivity index (χ1v) is 7.39. The predicted octanol–water partition coefficient (Wildman–Crippen LogP) is 0.171. The van der Waals surface area contributed by atoms with E-state index in [0.29, 0.717) is 11.1 Å². The molecule has 0 aliphatic carbocycles. The van der Waals surface area contributed by atoms with Gasteiger partial charge in [-0.1, -0.05) is 36.0 Å². The first kappa shape index (κ1) is 19.1. The second-order valence-electron chi connectivity index (χ2n) is 4.46. The molecule has 10 heteroatoms. The van der Waals surface area contributed by atoms with Gasteiger partial charge in [-0.25, -0.2) is 0 Å². The van der Waals surface area contributed by atoms with Crippen molar-refractivity contribution in [2.45, 2.75) is 19.6 Å². The average Bonchev–Trinajstić information content (AvgIpc) is 2.49. The number of hydrogen-bond donors (Lipinski definition) is 3. The zero-order valence-electron chi connectivity index (χ0n) is 12.2. The molecule has 2 amide bonds. The third-order valence-corrected chi connectivity index (χ3v) is 3.63. The van der Waals surface area contributed by atoms with Crippen molar-refractivity contribution in [3.05, 3.63) is 40.6 Å². The van der Waals surface area contributed by atoms with Crippen LogP contribution in [0, 0.1) is 5.21 Å². The van der Waals surface area contributed by atoms with Gasteiger partial charge in [0.15, 0.2) is 0 Å². The number of benzene rings is 1. The molecule has 0 bridgehead atoms. The fourth-order valence-electron chi connectivity index (χ4n) is 1.55. The van der Waals surface area contributed by atoms with Gasteiger partial charge in [0.2, 0.25) is 16.9 Å². The Hall–Kier alpha value is -1.98. The van der Waals surface area contributed by atoms with Crippen LogP contribution in [-0.2, 0) is 21.0 Å². The third-order valence-electron chi connectivity index (χ3n) is 2.63. The number of carbonyl (C=O) groups excluding carboxylic acids is 3. The van der Waals surface area contributed by atoms with Crippen LogP contribution in [0.5, 0.6) is 0 Å². The summed E-state index contributed by atoms with van der Waals surface area (Å²) in [7, 11) is 0. The van der Waals surface area contributed by atoms with Crippen LogP contribution in [0.2, 0.25) is 0 Å². The van der Waals surface area contributed by atoms with Crippen molar-refractivity contribution in [2.24, 2.45) is 5.73 Å². The van der Waals surface area contributed by atoms with E-state index < -0.39 is 23.2 Å². The zero-order chi connectivity index (χ0) is 17.4. The standard InChI is InChI=1S/C13H16N3O6S/c1-8(17)15-11(12(14)18)7-23-13(19)10-4-2-9(3-5-10)6-22-16(20)21/h2-5,11,20H,6-7H2,1H3,(H2,14,18)(H,15,17)/q-1/t11-/m0/s1. The predicted molar refractivity (Wildman–Crippen MR) is 81.8 cm³/mol. The molecule has 0 aromatic heterocycles. The summed E-state index contributed by atoms with van der Waals surface area (Å²) in [6.07, 6.45) is 0. The van der Waals surface area contributed by atoms with Crippen molar-refractivity contribution in [3.63, 3.8) is 0 Å². The van der Waals surface area contributed by atoms with Crippen LogP contribution < -0.4 is 11.1 Å². The Balaban J connectivity index is 2.56. The lowest BCUT2D eigenvalue weighted by molar-refractivity contribution is -0.312. The smallest absolute Gasteiger partial charge is 0.240 e. The summed E-state index contributed by atoms with van der Waals surface area (Å²) in [5.74, 6) is -1.12. The molecule has 1 aromatic carbocycles. The molecule has 4 N–H and O–H groups in total. The van der Waals surface area contributed by atoms with E-state index in [-0.39, 0.29) is 17.5 Å². The van der Waals surface area contributed by atoms with Crippen LogP contribution in [0.4, 0.5) is 0 Å². The molecule has 23 heavy (non-hydrogen) atoms. The Labute approximate surface area is 136 Å². The van der Waals surface area contributed by atoms with Gasteiger partial charge in [-0.2, -0.15) is 0 Å². The van der Waals surface area contributed by atoms with Crippen molar-refractivity contribution < 1.29 is 24.4 Å². The molecule has 0 unspecified atom stereocenters. The number of nitrogens with two attached hydrogens (primary N) is 1. The van der Waals surface area contributed by atoms with E-state index in [1.165, 1.54) is 19.1 Å². The van der Waals surface area contributed by atoms with Gasteiger partial charge in [-0.05, 0) is 5.56 Å². The molecule has 0 heterocycles. The molecule has 1 atom stereocenters. The molecule has 0 fully saturated rings. The SMILES string of the molecule is CC(=O)N[C@@H](CSC(=O)c1ccc(CON([O-])O)cc1)C(N)=O. The number of rotatable bonds is 8. The summed E-state index contributed by atoms with van der Waals surface area (Å²) >= 11 is 0.848. The van der Waals surface area contributed by atoms with E-state index in [1.807, 2.05) is 0 Å². The second kappa shape index (κ2) is 9.22. The Morgan fingerprint density at radius 3 is 2.48 bits per heavy atom. The molecule has 0 radical (unpaired) electrons. The van der Waals surface area contributed by atoms with Gasteiger partial charge < -0.3 is 21.5 Å². The molecule has 9 nitrogen and oxygen atoms in total. The summed E-state index contributed by atoms with van der Waals surface area (Å²) in [6.45, 7) is 1.10. The topological polar surface area (TPSA) is 145 Å². The molecule has 0 saturated carbocycles. The van der Waals surface area contributed by atoms with Crippen molar-refractivity contribution in [2.75, 3.05) is 5.75 Å². The average molecular weight is 342 g/mol. The first-order chi connectivity index (χ1) is 10.8. The van der Waals surface area contributed by atoms with Crippen LogP contribution in [0.3, 0.4) is 0 Å². The van der Waals surface area contributed by atoms with Crippen LogP contribution in [-0.4, -0.2) is 39.3 Å². The fourth-order valence-corrected chi connectivity index (χ4v) is 2.42. The number of primary amides is 1.